The first-order chi connectivity index (χ1) is 9.65. The highest BCUT2D eigenvalue weighted by Crippen LogP contribution is 2.15. The van der Waals surface area contributed by atoms with Gasteiger partial charge in [-0.3, -0.25) is 4.79 Å². The molecular formula is C15H18N4O. The van der Waals surface area contributed by atoms with Gasteiger partial charge in [0.05, 0.1) is 11.4 Å². The maximum absolute atomic E-state index is 12.4. The van der Waals surface area contributed by atoms with Crippen molar-refractivity contribution in [1.29, 1.82) is 0 Å². The first-order valence-corrected chi connectivity index (χ1v) is 6.95. The Hall–Kier alpha value is -2.17. The Morgan fingerprint density at radius 1 is 1.15 bits per heavy atom. The van der Waals surface area contributed by atoms with Gasteiger partial charge in [-0.05, 0) is 44.4 Å². The Kier molecular flexibility index (Phi) is 3.26. The van der Waals surface area contributed by atoms with Crippen LogP contribution in [0.25, 0.3) is 5.69 Å². The van der Waals surface area contributed by atoms with Gasteiger partial charge in [-0.1, -0.05) is 12.1 Å². The minimum atomic E-state index is -0.00102. The zero-order valence-corrected chi connectivity index (χ0v) is 11.8. The monoisotopic (exact) mass is 270 g/mol. The number of hydrogen-bond acceptors (Lipinski definition) is 3. The fraction of sp³-hybridized carbons (Fsp3) is 0.400. The summed E-state index contributed by atoms with van der Waals surface area (Å²) in [7, 11) is 0. The molecule has 0 N–H and O–H groups in total. The molecule has 1 saturated heterocycles. The molecule has 104 valence electrons. The Morgan fingerprint density at radius 3 is 2.60 bits per heavy atom. The lowest BCUT2D eigenvalue weighted by Gasteiger charge is -2.13. The largest absolute Gasteiger partial charge is 0.337 e. The molecule has 0 bridgehead atoms. The Balaban J connectivity index is 1.92. The number of carbonyl (C=O) groups excluding carboxylic acids is 1. The molecule has 0 aliphatic carbocycles. The fourth-order valence-electron chi connectivity index (χ4n) is 2.51. The van der Waals surface area contributed by atoms with E-state index in [1.54, 1.807) is 4.80 Å². The van der Waals surface area contributed by atoms with Gasteiger partial charge in [-0.25, -0.2) is 0 Å². The summed E-state index contributed by atoms with van der Waals surface area (Å²) >= 11 is 0. The van der Waals surface area contributed by atoms with Crippen molar-refractivity contribution in [3.05, 3.63) is 41.2 Å². The number of aryl methyl sites for hydroxylation is 2. The molecule has 5 nitrogen and oxygen atoms in total. The van der Waals surface area contributed by atoms with Gasteiger partial charge >= 0.3 is 0 Å². The predicted molar refractivity (Wildman–Crippen MR) is 76.0 cm³/mol. The van der Waals surface area contributed by atoms with Crippen LogP contribution in [0.1, 0.15) is 34.6 Å². The molecule has 20 heavy (non-hydrogen) atoms. The second-order valence-corrected chi connectivity index (χ2v) is 5.26. The summed E-state index contributed by atoms with van der Waals surface area (Å²) in [4.78, 5) is 15.8. The first-order valence-electron chi connectivity index (χ1n) is 6.95. The molecule has 1 aromatic heterocycles. The van der Waals surface area contributed by atoms with E-state index in [1.165, 1.54) is 0 Å². The van der Waals surface area contributed by atoms with E-state index >= 15 is 0 Å². The normalized spacial score (nSPS) is 14.8. The van der Waals surface area contributed by atoms with Gasteiger partial charge in [-0.15, -0.1) is 5.10 Å². The maximum Gasteiger partial charge on any atom is 0.276 e. The van der Waals surface area contributed by atoms with E-state index in [4.69, 9.17) is 0 Å². The third-order valence-corrected chi connectivity index (χ3v) is 3.61. The number of amides is 1. The van der Waals surface area contributed by atoms with Crippen LogP contribution in [0.2, 0.25) is 0 Å². The number of hydrogen-bond donors (Lipinski definition) is 0. The van der Waals surface area contributed by atoms with Gasteiger partial charge in [0.25, 0.3) is 5.91 Å². The molecule has 1 fully saturated rings. The van der Waals surface area contributed by atoms with E-state index < -0.39 is 0 Å². The third-order valence-electron chi connectivity index (χ3n) is 3.61. The zero-order chi connectivity index (χ0) is 14.1. The van der Waals surface area contributed by atoms with E-state index in [0.717, 1.165) is 37.2 Å². The van der Waals surface area contributed by atoms with Crippen LogP contribution in [0.4, 0.5) is 0 Å². The minimum absolute atomic E-state index is 0.00102. The molecule has 5 heteroatoms. The summed E-state index contributed by atoms with van der Waals surface area (Å²) in [6.45, 7) is 5.52. The van der Waals surface area contributed by atoms with Crippen LogP contribution in [0.15, 0.2) is 24.3 Å². The number of carbonyl (C=O) groups is 1. The van der Waals surface area contributed by atoms with Crippen LogP contribution in [0.3, 0.4) is 0 Å². The molecule has 0 saturated carbocycles. The third kappa shape index (κ3) is 2.31. The van der Waals surface area contributed by atoms with Crippen LogP contribution in [-0.4, -0.2) is 38.9 Å². The summed E-state index contributed by atoms with van der Waals surface area (Å²) < 4.78 is 0. The Bertz CT molecular complexity index is 641. The van der Waals surface area contributed by atoms with Gasteiger partial charge in [-0.2, -0.15) is 9.90 Å². The number of likely N-dealkylation sites (tertiary alicyclic amines) is 1. The van der Waals surface area contributed by atoms with Crippen molar-refractivity contribution >= 4 is 5.91 Å². The summed E-state index contributed by atoms with van der Waals surface area (Å²) in [6, 6.07) is 7.93. The van der Waals surface area contributed by atoms with Crippen LogP contribution in [0.5, 0.6) is 0 Å². The summed E-state index contributed by atoms with van der Waals surface area (Å²) in [5.41, 5.74) is 3.18. The summed E-state index contributed by atoms with van der Waals surface area (Å²) in [5, 5.41) is 8.75. The molecule has 0 spiro atoms. The van der Waals surface area contributed by atoms with Gasteiger partial charge in [0.15, 0.2) is 5.69 Å². The van der Waals surface area contributed by atoms with Gasteiger partial charge in [0, 0.05) is 13.1 Å². The molecule has 1 amide bonds. The SMILES string of the molecule is Cc1cccc(-n2nc(C)c(C(=O)N3CCCC3)n2)c1. The van der Waals surface area contributed by atoms with E-state index in [2.05, 4.69) is 10.2 Å². The van der Waals surface area contributed by atoms with Crippen LogP contribution >= 0.6 is 0 Å². The second-order valence-electron chi connectivity index (χ2n) is 5.26. The minimum Gasteiger partial charge on any atom is -0.337 e. The Labute approximate surface area is 118 Å². The Morgan fingerprint density at radius 2 is 1.90 bits per heavy atom. The highest BCUT2D eigenvalue weighted by Gasteiger charge is 2.24. The summed E-state index contributed by atoms with van der Waals surface area (Å²) in [5.74, 6) is -0.00102. The molecule has 2 aromatic rings. The predicted octanol–water partition coefficient (Wildman–Crippen LogP) is 2.12. The summed E-state index contributed by atoms with van der Waals surface area (Å²) in [6.07, 6.45) is 2.16. The number of nitrogens with zero attached hydrogens (tertiary/aromatic N) is 4. The fourth-order valence-corrected chi connectivity index (χ4v) is 2.51. The van der Waals surface area contributed by atoms with Crippen LogP contribution < -0.4 is 0 Å². The lowest BCUT2D eigenvalue weighted by Crippen LogP contribution is -2.28. The van der Waals surface area contributed by atoms with Crippen molar-refractivity contribution in [2.75, 3.05) is 13.1 Å². The number of rotatable bonds is 2. The van der Waals surface area contributed by atoms with Crippen molar-refractivity contribution in [2.24, 2.45) is 0 Å². The quantitative estimate of drug-likeness (QED) is 0.840. The molecule has 0 unspecified atom stereocenters. The van der Waals surface area contributed by atoms with Gasteiger partial charge in [0.2, 0.25) is 0 Å². The smallest absolute Gasteiger partial charge is 0.276 e. The van der Waals surface area contributed by atoms with Crippen LogP contribution in [-0.2, 0) is 0 Å². The van der Waals surface area contributed by atoms with E-state index in [0.29, 0.717) is 11.4 Å². The van der Waals surface area contributed by atoms with Gasteiger partial charge in [0.1, 0.15) is 0 Å². The zero-order valence-electron chi connectivity index (χ0n) is 11.8. The number of aromatic nitrogens is 3. The first kappa shape index (κ1) is 12.8. The van der Waals surface area contributed by atoms with Gasteiger partial charge < -0.3 is 4.90 Å². The molecular weight excluding hydrogens is 252 g/mol. The molecule has 1 aromatic carbocycles. The van der Waals surface area contributed by atoms with Crippen molar-refractivity contribution in [3.8, 4) is 5.69 Å². The van der Waals surface area contributed by atoms with Crippen LogP contribution in [0, 0.1) is 13.8 Å². The van der Waals surface area contributed by atoms with Crippen molar-refractivity contribution in [3.63, 3.8) is 0 Å². The topological polar surface area (TPSA) is 51.0 Å². The average molecular weight is 270 g/mol. The van der Waals surface area contributed by atoms with E-state index in [1.807, 2.05) is 43.0 Å². The molecule has 0 radical (unpaired) electrons. The standard InChI is InChI=1S/C15H18N4O/c1-11-6-5-7-13(10-11)19-16-12(2)14(17-19)15(20)18-8-3-4-9-18/h5-7,10H,3-4,8-9H2,1-2H3. The average Bonchev–Trinajstić information content (AvgIpc) is 3.07. The van der Waals surface area contributed by atoms with Crippen molar-refractivity contribution < 1.29 is 4.79 Å². The molecule has 1 aliphatic heterocycles. The van der Waals surface area contributed by atoms with E-state index in [9.17, 15) is 4.79 Å². The molecule has 1 aliphatic rings. The highest BCUT2D eigenvalue weighted by molar-refractivity contribution is 5.93. The van der Waals surface area contributed by atoms with E-state index in [-0.39, 0.29) is 5.91 Å². The lowest BCUT2D eigenvalue weighted by atomic mass is 10.2. The molecule has 3 rings (SSSR count). The van der Waals surface area contributed by atoms with Crippen molar-refractivity contribution in [1.82, 2.24) is 19.9 Å². The molecule has 2 heterocycles. The van der Waals surface area contributed by atoms with Crippen molar-refractivity contribution in [2.45, 2.75) is 26.7 Å². The molecule has 0 atom stereocenters. The second kappa shape index (κ2) is 5.07. The number of benzene rings is 1. The highest BCUT2D eigenvalue weighted by atomic mass is 16.2. The lowest BCUT2D eigenvalue weighted by molar-refractivity contribution is 0.0786. The maximum atomic E-state index is 12.4.